The van der Waals surface area contributed by atoms with E-state index in [1.165, 1.54) is 16.4 Å². The van der Waals surface area contributed by atoms with E-state index >= 15 is 0 Å². The Morgan fingerprint density at radius 3 is 2.54 bits per heavy atom. The second kappa shape index (κ2) is 7.76. The normalized spacial score (nSPS) is 15.5. The molecule has 0 unspecified atom stereocenters. The van der Waals surface area contributed by atoms with Gasteiger partial charge in [0.1, 0.15) is 0 Å². The monoisotopic (exact) mass is 354 g/mol. The molecule has 1 aliphatic heterocycles. The number of nitrogens with one attached hydrogen (secondary N) is 1. The largest absolute Gasteiger partial charge is 0.455 e. The zero-order valence-corrected chi connectivity index (χ0v) is 14.6. The predicted octanol–water partition coefficient (Wildman–Crippen LogP) is 1.61. The zero-order valence-electron chi connectivity index (χ0n) is 13.8. The Morgan fingerprint density at radius 1 is 1.25 bits per heavy atom. The fourth-order valence-corrected chi connectivity index (χ4v) is 3.88. The highest BCUT2D eigenvalue weighted by Gasteiger charge is 2.27. The van der Waals surface area contributed by atoms with Crippen LogP contribution in [0.3, 0.4) is 0 Å². The molecule has 0 aliphatic carbocycles. The number of ether oxygens (including phenoxy) is 1. The van der Waals surface area contributed by atoms with Crippen molar-refractivity contribution >= 4 is 27.6 Å². The Labute approximate surface area is 142 Å². The summed E-state index contributed by atoms with van der Waals surface area (Å²) in [5.41, 5.74) is 0.348. The Bertz CT molecular complexity index is 709. The average molecular weight is 354 g/mol. The van der Waals surface area contributed by atoms with Crippen molar-refractivity contribution in [2.45, 2.75) is 31.6 Å². The minimum absolute atomic E-state index is 0.140. The summed E-state index contributed by atoms with van der Waals surface area (Å²) in [7, 11) is -3.54. The van der Waals surface area contributed by atoms with Gasteiger partial charge >= 0.3 is 5.97 Å². The molecule has 1 aliphatic rings. The van der Waals surface area contributed by atoms with Crippen LogP contribution in [-0.4, -0.2) is 44.3 Å². The van der Waals surface area contributed by atoms with Crippen LogP contribution in [0.5, 0.6) is 0 Å². The number of carbonyl (C=O) groups excluding carboxylic acids is 2. The predicted molar refractivity (Wildman–Crippen MR) is 88.9 cm³/mol. The van der Waals surface area contributed by atoms with Crippen molar-refractivity contribution in [3.63, 3.8) is 0 Å². The first-order chi connectivity index (χ1) is 11.3. The van der Waals surface area contributed by atoms with Crippen LogP contribution in [0.2, 0.25) is 0 Å². The number of carbonyl (C=O) groups is 2. The van der Waals surface area contributed by atoms with Crippen molar-refractivity contribution in [3.05, 3.63) is 24.3 Å². The third kappa shape index (κ3) is 4.55. The van der Waals surface area contributed by atoms with Crippen LogP contribution in [0.25, 0.3) is 0 Å². The maximum absolute atomic E-state index is 12.5. The van der Waals surface area contributed by atoms with Gasteiger partial charge in [-0.1, -0.05) is 19.9 Å². The van der Waals surface area contributed by atoms with E-state index in [2.05, 4.69) is 5.32 Å². The Balaban J connectivity index is 2.02. The molecule has 1 fully saturated rings. The van der Waals surface area contributed by atoms with Crippen molar-refractivity contribution in [2.75, 3.05) is 25.0 Å². The van der Waals surface area contributed by atoms with Crippen molar-refractivity contribution in [3.8, 4) is 0 Å². The molecule has 1 aromatic rings. The van der Waals surface area contributed by atoms with Crippen LogP contribution >= 0.6 is 0 Å². The summed E-state index contributed by atoms with van der Waals surface area (Å²) in [6.45, 7) is 3.98. The Morgan fingerprint density at radius 2 is 1.92 bits per heavy atom. The zero-order chi connectivity index (χ0) is 17.7. The summed E-state index contributed by atoms with van der Waals surface area (Å²) in [5.74, 6) is -1.29. The van der Waals surface area contributed by atoms with Gasteiger partial charge in [-0.05, 0) is 31.0 Å². The van der Waals surface area contributed by atoms with Gasteiger partial charge < -0.3 is 10.1 Å². The first-order valence-electron chi connectivity index (χ1n) is 7.87. The molecular formula is C16H22N2O5S. The first-order valence-corrected chi connectivity index (χ1v) is 9.31. The lowest BCUT2D eigenvalue weighted by Gasteiger charge is -2.16. The van der Waals surface area contributed by atoms with E-state index in [4.69, 9.17) is 4.74 Å². The molecule has 8 heteroatoms. The molecule has 0 radical (unpaired) electrons. The number of rotatable bonds is 6. The van der Waals surface area contributed by atoms with E-state index in [9.17, 15) is 18.0 Å². The van der Waals surface area contributed by atoms with Gasteiger partial charge in [0.15, 0.2) is 6.61 Å². The highest BCUT2D eigenvalue weighted by atomic mass is 32.2. The van der Waals surface area contributed by atoms with Crippen LogP contribution < -0.4 is 5.32 Å². The fourth-order valence-electron chi connectivity index (χ4n) is 2.31. The number of amides is 1. The molecule has 0 atom stereocenters. The van der Waals surface area contributed by atoms with E-state index in [1.807, 2.05) is 0 Å². The molecule has 1 heterocycles. The van der Waals surface area contributed by atoms with Crippen LogP contribution in [0, 0.1) is 5.92 Å². The Kier molecular flexibility index (Phi) is 5.95. The standard InChI is InChI=1S/C16H22N2O5S/c1-12(2)16(20)23-11-15(19)17-13-6-5-7-14(10-13)24(21,22)18-8-3-4-9-18/h5-7,10,12H,3-4,8-9,11H2,1-2H3,(H,17,19). The number of anilines is 1. The molecule has 1 N–H and O–H groups in total. The van der Waals surface area contributed by atoms with Crippen LogP contribution in [0.4, 0.5) is 5.69 Å². The van der Waals surface area contributed by atoms with Gasteiger partial charge in [-0.2, -0.15) is 4.31 Å². The topological polar surface area (TPSA) is 92.8 Å². The van der Waals surface area contributed by atoms with Gasteiger partial charge in [-0.25, -0.2) is 8.42 Å². The van der Waals surface area contributed by atoms with Crippen molar-refractivity contribution in [2.24, 2.45) is 5.92 Å². The summed E-state index contributed by atoms with van der Waals surface area (Å²) < 4.78 is 31.3. The number of hydrogen-bond donors (Lipinski definition) is 1. The van der Waals surface area contributed by atoms with Crippen LogP contribution in [-0.2, 0) is 24.3 Å². The first kappa shape index (κ1) is 18.4. The van der Waals surface area contributed by atoms with Crippen LogP contribution in [0.1, 0.15) is 26.7 Å². The molecule has 24 heavy (non-hydrogen) atoms. The summed E-state index contributed by atoms with van der Waals surface area (Å²) >= 11 is 0. The molecule has 0 bridgehead atoms. The minimum Gasteiger partial charge on any atom is -0.455 e. The van der Waals surface area contributed by atoms with Gasteiger partial charge in [0.05, 0.1) is 10.8 Å². The quantitative estimate of drug-likeness (QED) is 0.784. The molecular weight excluding hydrogens is 332 g/mol. The molecule has 132 valence electrons. The van der Waals surface area contributed by atoms with Gasteiger partial charge in [-0.15, -0.1) is 0 Å². The van der Waals surface area contributed by atoms with E-state index in [0.717, 1.165) is 12.8 Å². The number of hydrogen-bond acceptors (Lipinski definition) is 5. The lowest BCUT2D eigenvalue weighted by molar-refractivity contribution is -0.150. The third-order valence-electron chi connectivity index (χ3n) is 3.64. The van der Waals surface area contributed by atoms with E-state index in [0.29, 0.717) is 18.8 Å². The lowest BCUT2D eigenvalue weighted by Crippen LogP contribution is -2.28. The highest BCUT2D eigenvalue weighted by molar-refractivity contribution is 7.89. The van der Waals surface area contributed by atoms with Crippen molar-refractivity contribution < 1.29 is 22.7 Å². The highest BCUT2D eigenvalue weighted by Crippen LogP contribution is 2.23. The van der Waals surface area contributed by atoms with E-state index in [-0.39, 0.29) is 10.8 Å². The van der Waals surface area contributed by atoms with Gasteiger partial charge in [0.2, 0.25) is 10.0 Å². The molecule has 0 saturated carbocycles. The van der Waals surface area contributed by atoms with Gasteiger partial charge in [-0.3, -0.25) is 9.59 Å². The third-order valence-corrected chi connectivity index (χ3v) is 5.53. The fraction of sp³-hybridized carbons (Fsp3) is 0.500. The maximum atomic E-state index is 12.5. The molecule has 1 aromatic carbocycles. The van der Waals surface area contributed by atoms with Gasteiger partial charge in [0, 0.05) is 18.8 Å². The summed E-state index contributed by atoms with van der Waals surface area (Å²) in [6.07, 6.45) is 1.72. The summed E-state index contributed by atoms with van der Waals surface area (Å²) in [4.78, 5) is 23.3. The second-order valence-corrected chi connectivity index (χ2v) is 7.89. The second-order valence-electron chi connectivity index (χ2n) is 5.95. The summed E-state index contributed by atoms with van der Waals surface area (Å²) in [6, 6.07) is 6.07. The number of nitrogens with zero attached hydrogens (tertiary/aromatic N) is 1. The SMILES string of the molecule is CC(C)C(=O)OCC(=O)Nc1cccc(S(=O)(=O)N2CCCC2)c1. The van der Waals surface area contributed by atoms with Crippen LogP contribution in [0.15, 0.2) is 29.2 Å². The van der Waals surface area contributed by atoms with E-state index in [1.54, 1.807) is 26.0 Å². The number of sulfonamides is 1. The Hall–Kier alpha value is -1.93. The minimum atomic E-state index is -3.54. The maximum Gasteiger partial charge on any atom is 0.308 e. The van der Waals surface area contributed by atoms with Crippen molar-refractivity contribution in [1.29, 1.82) is 0 Å². The smallest absolute Gasteiger partial charge is 0.308 e. The number of esters is 1. The van der Waals surface area contributed by atoms with E-state index < -0.39 is 28.5 Å². The molecule has 0 aromatic heterocycles. The molecule has 0 spiro atoms. The van der Waals surface area contributed by atoms with Gasteiger partial charge in [0.25, 0.3) is 5.91 Å². The summed E-state index contributed by atoms with van der Waals surface area (Å²) in [5, 5.41) is 2.54. The number of benzene rings is 1. The molecule has 7 nitrogen and oxygen atoms in total. The molecule has 1 saturated heterocycles. The molecule has 1 amide bonds. The average Bonchev–Trinajstić information content (AvgIpc) is 3.08. The van der Waals surface area contributed by atoms with Crippen molar-refractivity contribution in [1.82, 2.24) is 4.31 Å². The lowest BCUT2D eigenvalue weighted by atomic mass is 10.2. The molecule has 2 rings (SSSR count).